The van der Waals surface area contributed by atoms with Crippen molar-refractivity contribution in [3.63, 3.8) is 0 Å². The van der Waals surface area contributed by atoms with Crippen LogP contribution in [0.15, 0.2) is 0 Å². The Morgan fingerprint density at radius 2 is 2.20 bits per heavy atom. The number of terminal acetylenes is 1. The van der Waals surface area contributed by atoms with Crippen molar-refractivity contribution in [3.05, 3.63) is 0 Å². The maximum absolute atomic E-state index is 5.24. The molecular formula is C7H14N2S. The summed E-state index contributed by atoms with van der Waals surface area (Å²) >= 11 is 1.70. The van der Waals surface area contributed by atoms with Crippen molar-refractivity contribution in [1.29, 1.82) is 0 Å². The van der Waals surface area contributed by atoms with E-state index in [4.69, 9.17) is 12.3 Å². The van der Waals surface area contributed by atoms with Gasteiger partial charge in [0.15, 0.2) is 0 Å². The van der Waals surface area contributed by atoms with Crippen LogP contribution < -0.4 is 11.3 Å². The lowest BCUT2D eigenvalue weighted by Crippen LogP contribution is -2.46. The summed E-state index contributed by atoms with van der Waals surface area (Å²) in [6.45, 7) is 4.12. The molecule has 0 amide bonds. The predicted octanol–water partition coefficient (Wildman–Crippen LogP) is 0.593. The summed E-state index contributed by atoms with van der Waals surface area (Å²) in [7, 11) is 0. The van der Waals surface area contributed by atoms with Gasteiger partial charge in [0.2, 0.25) is 0 Å². The fraction of sp³-hybridized carbons (Fsp3) is 0.714. The van der Waals surface area contributed by atoms with Gasteiger partial charge in [-0.25, -0.2) is 5.43 Å². The Labute approximate surface area is 66.9 Å². The van der Waals surface area contributed by atoms with Crippen LogP contribution in [-0.2, 0) is 0 Å². The fourth-order valence-corrected chi connectivity index (χ4v) is 0.939. The van der Waals surface area contributed by atoms with E-state index in [1.54, 1.807) is 11.8 Å². The van der Waals surface area contributed by atoms with Gasteiger partial charge < -0.3 is 0 Å². The highest BCUT2D eigenvalue weighted by Gasteiger charge is 2.25. The van der Waals surface area contributed by atoms with Crippen LogP contribution in [0, 0.1) is 12.3 Å². The van der Waals surface area contributed by atoms with Gasteiger partial charge in [0.05, 0.1) is 6.04 Å². The summed E-state index contributed by atoms with van der Waals surface area (Å²) in [4.78, 5) is 0. The van der Waals surface area contributed by atoms with E-state index < -0.39 is 0 Å². The summed E-state index contributed by atoms with van der Waals surface area (Å²) in [6.07, 6.45) is 7.25. The number of nitrogens with two attached hydrogens (primary N) is 1. The molecule has 0 saturated carbocycles. The lowest BCUT2D eigenvalue weighted by atomic mass is 10.1. The fourth-order valence-electron chi connectivity index (χ4n) is 0.567. The van der Waals surface area contributed by atoms with Gasteiger partial charge in [-0.05, 0) is 20.1 Å². The van der Waals surface area contributed by atoms with Crippen molar-refractivity contribution in [2.45, 2.75) is 24.6 Å². The zero-order valence-electron chi connectivity index (χ0n) is 6.64. The van der Waals surface area contributed by atoms with Gasteiger partial charge in [0.1, 0.15) is 0 Å². The van der Waals surface area contributed by atoms with E-state index in [2.05, 4.69) is 25.2 Å². The summed E-state index contributed by atoms with van der Waals surface area (Å²) in [6, 6.07) is -0.0671. The first kappa shape index (κ1) is 9.83. The molecule has 3 N–H and O–H groups in total. The van der Waals surface area contributed by atoms with Gasteiger partial charge >= 0.3 is 0 Å². The van der Waals surface area contributed by atoms with E-state index in [0.717, 1.165) is 0 Å². The number of rotatable bonds is 3. The second-order valence-electron chi connectivity index (χ2n) is 2.57. The highest BCUT2D eigenvalue weighted by atomic mass is 32.2. The number of hydrazine groups is 1. The Kier molecular flexibility index (Phi) is 3.80. The zero-order valence-corrected chi connectivity index (χ0v) is 7.46. The van der Waals surface area contributed by atoms with Crippen LogP contribution in [0.1, 0.15) is 13.8 Å². The molecule has 1 atom stereocenters. The van der Waals surface area contributed by atoms with E-state index in [9.17, 15) is 0 Å². The highest BCUT2D eigenvalue weighted by Crippen LogP contribution is 2.24. The van der Waals surface area contributed by atoms with E-state index in [1.165, 1.54) is 0 Å². The molecule has 0 rings (SSSR count). The van der Waals surface area contributed by atoms with E-state index in [1.807, 2.05) is 6.26 Å². The van der Waals surface area contributed by atoms with E-state index in [-0.39, 0.29) is 10.8 Å². The Hall–Kier alpha value is -0.170. The molecule has 0 saturated heterocycles. The van der Waals surface area contributed by atoms with E-state index >= 15 is 0 Å². The van der Waals surface area contributed by atoms with E-state index in [0.29, 0.717) is 0 Å². The van der Waals surface area contributed by atoms with Crippen molar-refractivity contribution in [3.8, 4) is 12.3 Å². The van der Waals surface area contributed by atoms with Gasteiger partial charge in [0, 0.05) is 4.75 Å². The third-order valence-electron chi connectivity index (χ3n) is 1.55. The topological polar surface area (TPSA) is 38.0 Å². The van der Waals surface area contributed by atoms with Crippen LogP contribution in [0.5, 0.6) is 0 Å². The van der Waals surface area contributed by atoms with Crippen LogP contribution in [0.4, 0.5) is 0 Å². The normalized spacial score (nSPS) is 14.3. The number of hydrogen-bond donors (Lipinski definition) is 2. The molecule has 0 aliphatic rings. The lowest BCUT2D eigenvalue weighted by Gasteiger charge is -2.27. The van der Waals surface area contributed by atoms with Gasteiger partial charge in [-0.15, -0.1) is 6.42 Å². The minimum Gasteiger partial charge on any atom is -0.270 e. The van der Waals surface area contributed by atoms with Crippen LogP contribution in [-0.4, -0.2) is 17.0 Å². The first-order chi connectivity index (χ1) is 4.58. The third kappa shape index (κ3) is 2.22. The van der Waals surface area contributed by atoms with Gasteiger partial charge in [-0.1, -0.05) is 5.92 Å². The maximum Gasteiger partial charge on any atom is 0.0955 e. The molecule has 1 unspecified atom stereocenters. The Morgan fingerprint density at radius 1 is 1.70 bits per heavy atom. The predicted molar refractivity (Wildman–Crippen MR) is 47.5 cm³/mol. The minimum absolute atomic E-state index is 0.00347. The molecule has 0 bridgehead atoms. The molecule has 2 nitrogen and oxygen atoms in total. The molecule has 0 aromatic carbocycles. The average Bonchev–Trinajstić information content (AvgIpc) is 1.90. The Morgan fingerprint density at radius 3 is 2.30 bits per heavy atom. The molecule has 0 aliphatic carbocycles. The molecule has 0 radical (unpaired) electrons. The van der Waals surface area contributed by atoms with Gasteiger partial charge in [0.25, 0.3) is 0 Å². The third-order valence-corrected chi connectivity index (χ3v) is 2.84. The number of nitrogens with one attached hydrogen (secondary N) is 1. The smallest absolute Gasteiger partial charge is 0.0955 e. The first-order valence-electron chi connectivity index (χ1n) is 3.06. The first-order valence-corrected chi connectivity index (χ1v) is 4.28. The zero-order chi connectivity index (χ0) is 8.20. The van der Waals surface area contributed by atoms with Crippen molar-refractivity contribution < 1.29 is 0 Å². The van der Waals surface area contributed by atoms with Crippen molar-refractivity contribution >= 4 is 11.8 Å². The van der Waals surface area contributed by atoms with Crippen molar-refractivity contribution in [1.82, 2.24) is 5.43 Å². The van der Waals surface area contributed by atoms with Crippen LogP contribution >= 0.6 is 11.8 Å². The monoisotopic (exact) mass is 158 g/mol. The summed E-state index contributed by atoms with van der Waals surface area (Å²) in [5, 5.41) is 0. The van der Waals surface area contributed by atoms with Crippen molar-refractivity contribution in [2.75, 3.05) is 6.26 Å². The average molecular weight is 158 g/mol. The molecule has 0 fully saturated rings. The Balaban J connectivity index is 4.15. The van der Waals surface area contributed by atoms with Crippen LogP contribution in [0.3, 0.4) is 0 Å². The quantitative estimate of drug-likeness (QED) is 0.359. The molecular weight excluding hydrogens is 144 g/mol. The maximum atomic E-state index is 5.24. The van der Waals surface area contributed by atoms with Gasteiger partial charge in [-0.2, -0.15) is 11.8 Å². The van der Waals surface area contributed by atoms with Crippen LogP contribution in [0.25, 0.3) is 0 Å². The summed E-state index contributed by atoms with van der Waals surface area (Å²) < 4.78 is 0.00347. The van der Waals surface area contributed by atoms with Gasteiger partial charge in [-0.3, -0.25) is 5.84 Å². The second-order valence-corrected chi connectivity index (χ2v) is 4.03. The molecule has 58 valence electrons. The minimum atomic E-state index is -0.0671. The molecule has 3 heteroatoms. The molecule has 0 spiro atoms. The molecule has 10 heavy (non-hydrogen) atoms. The standard InChI is InChI=1S/C7H14N2S/c1-5-6(9-8)7(2,3)10-4/h1,6,9H,8H2,2-4H3. The largest absolute Gasteiger partial charge is 0.270 e. The Bertz CT molecular complexity index is 137. The number of hydrogen-bond acceptors (Lipinski definition) is 3. The molecule has 0 aliphatic heterocycles. The second kappa shape index (κ2) is 3.87. The molecule has 0 heterocycles. The SMILES string of the molecule is C#CC(NN)C(C)(C)SC. The number of thioether (sulfide) groups is 1. The highest BCUT2D eigenvalue weighted by molar-refractivity contribution is 8.00. The molecule has 0 aromatic heterocycles. The summed E-state index contributed by atoms with van der Waals surface area (Å²) in [5.74, 6) is 7.83. The van der Waals surface area contributed by atoms with Crippen molar-refractivity contribution in [2.24, 2.45) is 5.84 Å². The lowest BCUT2D eigenvalue weighted by molar-refractivity contribution is 0.529. The van der Waals surface area contributed by atoms with Crippen LogP contribution in [0.2, 0.25) is 0 Å². The molecule has 0 aromatic rings. The summed E-state index contributed by atoms with van der Waals surface area (Å²) in [5.41, 5.74) is 2.59.